The zero-order chi connectivity index (χ0) is 11.5. The van der Waals surface area contributed by atoms with Gasteiger partial charge in [0.05, 0.1) is 0 Å². The molecule has 1 N–H and O–H groups in total. The number of anilines is 1. The van der Waals surface area contributed by atoms with Gasteiger partial charge in [-0.05, 0) is 56.3 Å². The molecule has 0 radical (unpaired) electrons. The van der Waals surface area contributed by atoms with Crippen LogP contribution in [0.4, 0.5) is 5.13 Å². The van der Waals surface area contributed by atoms with E-state index in [1.165, 1.54) is 50.1 Å². The molecule has 1 heterocycles. The fraction of sp³-hybridized carbons (Fsp3) is 0.846. The van der Waals surface area contributed by atoms with Gasteiger partial charge in [0, 0.05) is 24.0 Å². The van der Waals surface area contributed by atoms with E-state index < -0.39 is 0 Å². The normalized spacial score (nSPS) is 43.0. The Kier molecular flexibility index (Phi) is 2.08. The third kappa shape index (κ3) is 1.46. The summed E-state index contributed by atoms with van der Waals surface area (Å²) in [5.41, 5.74) is 0.361. The molecule has 17 heavy (non-hydrogen) atoms. The van der Waals surface area contributed by atoms with E-state index in [9.17, 15) is 0 Å². The van der Waals surface area contributed by atoms with Crippen molar-refractivity contribution < 1.29 is 0 Å². The first-order valence-electron chi connectivity index (χ1n) is 6.79. The smallest absolute Gasteiger partial charge is 0.202 e. The third-order valence-electron chi connectivity index (χ3n) is 5.15. The first-order valence-corrected chi connectivity index (χ1v) is 7.57. The largest absolute Gasteiger partial charge is 0.363 e. The summed E-state index contributed by atoms with van der Waals surface area (Å²) in [5.74, 6) is 4.08. The van der Waals surface area contributed by atoms with Gasteiger partial charge >= 0.3 is 0 Å². The number of rotatable bonds is 2. The van der Waals surface area contributed by atoms with Crippen LogP contribution in [0.15, 0.2) is 0 Å². The summed E-state index contributed by atoms with van der Waals surface area (Å²) in [6.07, 6.45) is 8.55. The fourth-order valence-electron chi connectivity index (χ4n) is 4.92. The van der Waals surface area contributed by atoms with Crippen LogP contribution >= 0.6 is 11.5 Å². The van der Waals surface area contributed by atoms with Crippen molar-refractivity contribution in [2.75, 3.05) is 12.4 Å². The summed E-state index contributed by atoms with van der Waals surface area (Å²) in [7, 11) is 1.93. The van der Waals surface area contributed by atoms with Crippen molar-refractivity contribution in [1.29, 1.82) is 0 Å². The lowest BCUT2D eigenvalue weighted by Crippen LogP contribution is -2.49. The minimum atomic E-state index is 0.361. The van der Waals surface area contributed by atoms with Crippen LogP contribution in [0.1, 0.15) is 44.3 Å². The van der Waals surface area contributed by atoms with Crippen LogP contribution in [-0.2, 0) is 5.41 Å². The molecule has 0 aliphatic heterocycles. The zero-order valence-electron chi connectivity index (χ0n) is 10.3. The maximum Gasteiger partial charge on any atom is 0.202 e. The molecule has 5 rings (SSSR count). The van der Waals surface area contributed by atoms with Gasteiger partial charge in [-0.1, -0.05) is 0 Å². The lowest BCUT2D eigenvalue weighted by molar-refractivity contribution is -0.00880. The van der Waals surface area contributed by atoms with Crippen LogP contribution < -0.4 is 5.32 Å². The minimum Gasteiger partial charge on any atom is -0.363 e. The number of aromatic nitrogens is 2. The van der Waals surface area contributed by atoms with E-state index in [-0.39, 0.29) is 0 Å². The Morgan fingerprint density at radius 1 is 1.12 bits per heavy atom. The summed E-state index contributed by atoms with van der Waals surface area (Å²) in [4.78, 5) is 4.72. The third-order valence-corrected chi connectivity index (χ3v) is 5.89. The number of nitrogens with zero attached hydrogens (tertiary/aromatic N) is 2. The highest BCUT2D eigenvalue weighted by atomic mass is 32.1. The van der Waals surface area contributed by atoms with Gasteiger partial charge in [-0.25, -0.2) is 4.98 Å². The predicted molar refractivity (Wildman–Crippen MR) is 69.3 cm³/mol. The van der Waals surface area contributed by atoms with Crippen molar-refractivity contribution in [3.63, 3.8) is 0 Å². The topological polar surface area (TPSA) is 37.8 Å². The molecule has 1 aromatic heterocycles. The summed E-state index contributed by atoms with van der Waals surface area (Å²) in [5, 5.41) is 4.11. The Hall–Kier alpha value is -0.640. The first-order chi connectivity index (χ1) is 8.27. The van der Waals surface area contributed by atoms with Gasteiger partial charge in [0.1, 0.15) is 0 Å². The van der Waals surface area contributed by atoms with Crippen molar-refractivity contribution in [2.24, 2.45) is 17.8 Å². The molecule has 4 aliphatic carbocycles. The molecule has 1 aromatic rings. The Morgan fingerprint density at radius 2 is 1.71 bits per heavy atom. The highest BCUT2D eigenvalue weighted by molar-refractivity contribution is 7.09. The highest BCUT2D eigenvalue weighted by Crippen LogP contribution is 2.60. The monoisotopic (exact) mass is 249 g/mol. The Labute approximate surface area is 106 Å². The van der Waals surface area contributed by atoms with Crippen molar-refractivity contribution >= 4 is 16.7 Å². The maximum absolute atomic E-state index is 4.72. The van der Waals surface area contributed by atoms with Gasteiger partial charge in [0.15, 0.2) is 5.82 Å². The van der Waals surface area contributed by atoms with Crippen molar-refractivity contribution in [1.82, 2.24) is 9.36 Å². The van der Waals surface area contributed by atoms with Crippen LogP contribution in [0.25, 0.3) is 0 Å². The van der Waals surface area contributed by atoms with Crippen molar-refractivity contribution in [3.05, 3.63) is 5.82 Å². The molecule has 4 heteroatoms. The van der Waals surface area contributed by atoms with Crippen LogP contribution in [0.2, 0.25) is 0 Å². The van der Waals surface area contributed by atoms with Gasteiger partial charge in [-0.3, -0.25) is 0 Å². The molecular weight excluding hydrogens is 230 g/mol. The van der Waals surface area contributed by atoms with Gasteiger partial charge in [-0.15, -0.1) is 0 Å². The molecule has 0 spiro atoms. The molecule has 0 aromatic carbocycles. The fourth-order valence-corrected chi connectivity index (χ4v) is 5.55. The molecule has 0 atom stereocenters. The molecule has 0 saturated heterocycles. The molecule has 4 fully saturated rings. The van der Waals surface area contributed by atoms with Gasteiger partial charge in [0.25, 0.3) is 0 Å². The van der Waals surface area contributed by atoms with E-state index in [1.807, 2.05) is 7.05 Å². The second-order valence-electron chi connectivity index (χ2n) is 6.37. The summed E-state index contributed by atoms with van der Waals surface area (Å²) >= 11 is 1.53. The molecule has 4 saturated carbocycles. The highest BCUT2D eigenvalue weighted by Gasteiger charge is 2.53. The summed E-state index contributed by atoms with van der Waals surface area (Å²) < 4.78 is 4.65. The molecule has 4 aliphatic rings. The maximum atomic E-state index is 4.72. The summed E-state index contributed by atoms with van der Waals surface area (Å²) in [6, 6.07) is 0. The van der Waals surface area contributed by atoms with E-state index in [1.54, 1.807) is 0 Å². The summed E-state index contributed by atoms with van der Waals surface area (Å²) in [6.45, 7) is 0. The zero-order valence-corrected chi connectivity index (χ0v) is 11.1. The average Bonchev–Trinajstić information content (AvgIpc) is 2.76. The Balaban J connectivity index is 1.72. The van der Waals surface area contributed by atoms with Crippen molar-refractivity contribution in [3.8, 4) is 0 Å². The van der Waals surface area contributed by atoms with Crippen LogP contribution in [0, 0.1) is 17.8 Å². The van der Waals surface area contributed by atoms with Crippen LogP contribution in [-0.4, -0.2) is 16.4 Å². The van der Waals surface area contributed by atoms with E-state index in [2.05, 4.69) is 9.69 Å². The number of hydrogen-bond donors (Lipinski definition) is 1. The molecular formula is C13H19N3S. The van der Waals surface area contributed by atoms with Gasteiger partial charge in [0.2, 0.25) is 5.13 Å². The molecule has 92 valence electrons. The van der Waals surface area contributed by atoms with Gasteiger partial charge in [-0.2, -0.15) is 4.37 Å². The second-order valence-corrected chi connectivity index (χ2v) is 7.12. The first kappa shape index (κ1) is 10.3. The molecule has 4 bridgehead atoms. The Bertz CT molecular complexity index is 404. The van der Waals surface area contributed by atoms with E-state index in [4.69, 9.17) is 4.98 Å². The standard InChI is InChI=1S/C13H19N3S/c1-14-12-15-11(16-17-12)13-5-8-2-9(6-13)4-10(3-8)7-13/h8-10H,2-7H2,1H3,(H,14,15,16). The van der Waals surface area contributed by atoms with Gasteiger partial charge < -0.3 is 5.32 Å². The molecule has 0 unspecified atom stereocenters. The number of hydrogen-bond acceptors (Lipinski definition) is 4. The predicted octanol–water partition coefficient (Wildman–Crippen LogP) is 3.05. The second kappa shape index (κ2) is 3.44. The van der Waals surface area contributed by atoms with E-state index >= 15 is 0 Å². The van der Waals surface area contributed by atoms with E-state index in [0.29, 0.717) is 5.41 Å². The lowest BCUT2D eigenvalue weighted by Gasteiger charge is -2.55. The van der Waals surface area contributed by atoms with Crippen LogP contribution in [0.5, 0.6) is 0 Å². The molecule has 3 nitrogen and oxygen atoms in total. The van der Waals surface area contributed by atoms with Crippen LogP contribution in [0.3, 0.4) is 0 Å². The number of nitrogens with one attached hydrogen (secondary N) is 1. The lowest BCUT2D eigenvalue weighted by atomic mass is 9.49. The minimum absolute atomic E-state index is 0.361. The SMILES string of the molecule is CNc1nc(C23CC4CC(CC(C4)C2)C3)ns1. The van der Waals surface area contributed by atoms with E-state index in [0.717, 1.165) is 28.7 Å². The quantitative estimate of drug-likeness (QED) is 0.875. The van der Waals surface area contributed by atoms with Crippen molar-refractivity contribution in [2.45, 2.75) is 43.9 Å². The molecule has 0 amide bonds. The average molecular weight is 249 g/mol. The Morgan fingerprint density at radius 3 is 2.18 bits per heavy atom.